The summed E-state index contributed by atoms with van der Waals surface area (Å²) in [5.74, 6) is -0.261. The average Bonchev–Trinajstić information content (AvgIpc) is 2.73. The van der Waals surface area contributed by atoms with Gasteiger partial charge in [0.05, 0.1) is 16.8 Å². The van der Waals surface area contributed by atoms with Gasteiger partial charge >= 0.3 is 6.18 Å². The lowest BCUT2D eigenvalue weighted by atomic mass is 9.93. The van der Waals surface area contributed by atoms with Crippen LogP contribution in [0.1, 0.15) is 25.0 Å². The SMILES string of the molecule is Cc1nn(C)c2nccc(N3CCC(CC(F)(F)F)CC3)c12. The lowest BCUT2D eigenvalue weighted by Gasteiger charge is -2.34. The Balaban J connectivity index is 1.80. The highest BCUT2D eigenvalue weighted by Gasteiger charge is 2.33. The van der Waals surface area contributed by atoms with E-state index in [4.69, 9.17) is 0 Å². The van der Waals surface area contributed by atoms with E-state index in [1.165, 1.54) is 0 Å². The van der Waals surface area contributed by atoms with E-state index in [9.17, 15) is 13.2 Å². The molecule has 120 valence electrons. The van der Waals surface area contributed by atoms with Gasteiger partial charge in [0.2, 0.25) is 0 Å². The van der Waals surface area contributed by atoms with Crippen LogP contribution >= 0.6 is 0 Å². The highest BCUT2D eigenvalue weighted by molar-refractivity contribution is 5.91. The van der Waals surface area contributed by atoms with Crippen molar-refractivity contribution in [3.8, 4) is 0 Å². The van der Waals surface area contributed by atoms with Gasteiger partial charge in [-0.2, -0.15) is 18.3 Å². The molecule has 0 aromatic carbocycles. The molecule has 0 amide bonds. The van der Waals surface area contributed by atoms with Gasteiger partial charge in [-0.3, -0.25) is 4.68 Å². The summed E-state index contributed by atoms with van der Waals surface area (Å²) < 4.78 is 39.2. The molecule has 0 N–H and O–H groups in total. The molecule has 0 spiro atoms. The fraction of sp³-hybridized carbons (Fsp3) is 0.600. The molecule has 1 aliphatic rings. The molecule has 0 unspecified atom stereocenters. The number of fused-ring (bicyclic) bond motifs is 1. The van der Waals surface area contributed by atoms with Crippen LogP contribution in [0.15, 0.2) is 12.3 Å². The molecular weight excluding hydrogens is 293 g/mol. The van der Waals surface area contributed by atoms with E-state index < -0.39 is 12.6 Å². The topological polar surface area (TPSA) is 34.0 Å². The molecule has 0 atom stereocenters. The van der Waals surface area contributed by atoms with Crippen molar-refractivity contribution in [1.82, 2.24) is 14.8 Å². The Hall–Kier alpha value is -1.79. The fourth-order valence-corrected chi connectivity index (χ4v) is 3.32. The molecule has 2 aromatic rings. The summed E-state index contributed by atoms with van der Waals surface area (Å²) in [4.78, 5) is 6.50. The summed E-state index contributed by atoms with van der Waals surface area (Å²) in [5, 5.41) is 5.39. The molecule has 2 aromatic heterocycles. The Kier molecular flexibility index (Phi) is 3.74. The number of hydrogen-bond donors (Lipinski definition) is 0. The third-order valence-electron chi connectivity index (χ3n) is 4.35. The monoisotopic (exact) mass is 312 g/mol. The minimum Gasteiger partial charge on any atom is -0.371 e. The van der Waals surface area contributed by atoms with Gasteiger partial charge in [-0.25, -0.2) is 4.98 Å². The van der Waals surface area contributed by atoms with E-state index in [1.54, 1.807) is 10.9 Å². The molecule has 3 rings (SSSR count). The predicted molar refractivity (Wildman–Crippen MR) is 78.9 cm³/mol. The Bertz CT molecular complexity index is 669. The summed E-state index contributed by atoms with van der Waals surface area (Å²) in [6, 6.07) is 1.93. The maximum Gasteiger partial charge on any atom is 0.389 e. The van der Waals surface area contributed by atoms with Crippen molar-refractivity contribution in [2.24, 2.45) is 13.0 Å². The highest BCUT2D eigenvalue weighted by Crippen LogP contribution is 2.34. The Morgan fingerprint density at radius 1 is 1.27 bits per heavy atom. The molecule has 1 fully saturated rings. The number of rotatable bonds is 2. The number of halogens is 3. The first-order valence-corrected chi connectivity index (χ1v) is 7.45. The van der Waals surface area contributed by atoms with Crippen LogP contribution in [0.3, 0.4) is 0 Å². The maximum absolute atomic E-state index is 12.5. The average molecular weight is 312 g/mol. The first-order valence-electron chi connectivity index (χ1n) is 7.45. The lowest BCUT2D eigenvalue weighted by Crippen LogP contribution is -2.35. The van der Waals surface area contributed by atoms with Gasteiger partial charge in [-0.1, -0.05) is 0 Å². The minimum atomic E-state index is -4.06. The summed E-state index contributed by atoms with van der Waals surface area (Å²) in [5.41, 5.74) is 2.74. The fourth-order valence-electron chi connectivity index (χ4n) is 3.32. The van der Waals surface area contributed by atoms with Crippen molar-refractivity contribution in [1.29, 1.82) is 0 Å². The standard InChI is InChI=1S/C15H19F3N4/c1-10-13-12(3-6-19-14(13)21(2)20-10)22-7-4-11(5-8-22)9-15(16,17)18/h3,6,11H,4-5,7-9H2,1-2H3. The summed E-state index contributed by atoms with van der Waals surface area (Å²) in [6.45, 7) is 3.23. The second-order valence-corrected chi connectivity index (χ2v) is 5.99. The van der Waals surface area contributed by atoms with Crippen molar-refractivity contribution >= 4 is 16.7 Å². The van der Waals surface area contributed by atoms with Crippen molar-refractivity contribution in [3.05, 3.63) is 18.0 Å². The molecule has 0 bridgehead atoms. The van der Waals surface area contributed by atoms with Crippen LogP contribution in [0.4, 0.5) is 18.9 Å². The van der Waals surface area contributed by atoms with E-state index >= 15 is 0 Å². The number of aryl methyl sites for hydroxylation is 2. The van der Waals surface area contributed by atoms with Crippen LogP contribution in [0, 0.1) is 12.8 Å². The van der Waals surface area contributed by atoms with Crippen LogP contribution in [0.25, 0.3) is 11.0 Å². The van der Waals surface area contributed by atoms with Crippen LogP contribution < -0.4 is 4.90 Å². The number of piperidine rings is 1. The molecule has 4 nitrogen and oxygen atoms in total. The minimum absolute atomic E-state index is 0.261. The van der Waals surface area contributed by atoms with Gasteiger partial charge in [0.1, 0.15) is 0 Å². The zero-order valence-electron chi connectivity index (χ0n) is 12.7. The number of alkyl halides is 3. The smallest absolute Gasteiger partial charge is 0.371 e. The van der Waals surface area contributed by atoms with E-state index in [2.05, 4.69) is 15.0 Å². The van der Waals surface area contributed by atoms with Crippen molar-refractivity contribution < 1.29 is 13.2 Å². The van der Waals surface area contributed by atoms with Gasteiger partial charge in [-0.05, 0) is 31.7 Å². The van der Waals surface area contributed by atoms with E-state index in [-0.39, 0.29) is 5.92 Å². The predicted octanol–water partition coefficient (Wildman–Crippen LogP) is 3.45. The zero-order chi connectivity index (χ0) is 15.9. The van der Waals surface area contributed by atoms with Gasteiger partial charge in [-0.15, -0.1) is 0 Å². The lowest BCUT2D eigenvalue weighted by molar-refractivity contribution is -0.145. The number of nitrogens with zero attached hydrogens (tertiary/aromatic N) is 4. The van der Waals surface area contributed by atoms with E-state index in [0.717, 1.165) is 22.4 Å². The van der Waals surface area contributed by atoms with Crippen molar-refractivity contribution in [2.45, 2.75) is 32.4 Å². The number of hydrogen-bond acceptors (Lipinski definition) is 3. The normalized spacial score (nSPS) is 17.4. The molecule has 1 aliphatic heterocycles. The number of aromatic nitrogens is 3. The molecular formula is C15H19F3N4. The Morgan fingerprint density at radius 3 is 2.59 bits per heavy atom. The van der Waals surface area contributed by atoms with E-state index in [0.29, 0.717) is 25.9 Å². The quantitative estimate of drug-likeness (QED) is 0.852. The Labute approximate surface area is 126 Å². The van der Waals surface area contributed by atoms with Gasteiger partial charge in [0.25, 0.3) is 0 Å². The highest BCUT2D eigenvalue weighted by atomic mass is 19.4. The maximum atomic E-state index is 12.5. The molecule has 1 saturated heterocycles. The third kappa shape index (κ3) is 2.89. The number of anilines is 1. The van der Waals surface area contributed by atoms with Crippen LogP contribution in [0.2, 0.25) is 0 Å². The van der Waals surface area contributed by atoms with Gasteiger partial charge < -0.3 is 4.90 Å². The third-order valence-corrected chi connectivity index (χ3v) is 4.35. The van der Waals surface area contributed by atoms with Crippen LogP contribution in [0.5, 0.6) is 0 Å². The molecule has 3 heterocycles. The Morgan fingerprint density at radius 2 is 1.95 bits per heavy atom. The molecule has 22 heavy (non-hydrogen) atoms. The van der Waals surface area contributed by atoms with Crippen LogP contribution in [-0.2, 0) is 7.05 Å². The largest absolute Gasteiger partial charge is 0.389 e. The molecule has 0 radical (unpaired) electrons. The second-order valence-electron chi connectivity index (χ2n) is 5.99. The van der Waals surface area contributed by atoms with Gasteiger partial charge in [0.15, 0.2) is 5.65 Å². The molecule has 7 heteroatoms. The zero-order valence-corrected chi connectivity index (χ0v) is 12.7. The van der Waals surface area contributed by atoms with E-state index in [1.807, 2.05) is 20.0 Å². The second kappa shape index (κ2) is 5.44. The van der Waals surface area contributed by atoms with Crippen molar-refractivity contribution in [3.63, 3.8) is 0 Å². The molecule has 0 saturated carbocycles. The summed E-state index contributed by atoms with van der Waals surface area (Å²) in [7, 11) is 1.85. The number of pyridine rings is 1. The summed E-state index contributed by atoms with van der Waals surface area (Å²) in [6.07, 6.45) is -1.85. The first-order chi connectivity index (χ1) is 10.3. The summed E-state index contributed by atoms with van der Waals surface area (Å²) >= 11 is 0. The van der Waals surface area contributed by atoms with Crippen LogP contribution in [-0.4, -0.2) is 34.0 Å². The first kappa shape index (κ1) is 15.1. The van der Waals surface area contributed by atoms with Gasteiger partial charge in [0, 0.05) is 32.8 Å². The molecule has 0 aliphatic carbocycles. The van der Waals surface area contributed by atoms with Crippen molar-refractivity contribution in [2.75, 3.05) is 18.0 Å².